The summed E-state index contributed by atoms with van der Waals surface area (Å²) in [6.45, 7) is 0. The maximum absolute atomic E-state index is 12.9. The molecule has 0 aliphatic carbocycles. The van der Waals surface area contributed by atoms with Crippen molar-refractivity contribution >= 4 is 17.8 Å². The molecule has 2 heterocycles. The van der Waals surface area contributed by atoms with Crippen LogP contribution in [0.15, 0.2) is 66.7 Å². The average Bonchev–Trinajstić information content (AvgIpc) is 3.38. The highest BCUT2D eigenvalue weighted by Crippen LogP contribution is 2.39. The second-order valence-corrected chi connectivity index (χ2v) is 9.11. The van der Waals surface area contributed by atoms with Crippen LogP contribution in [0.4, 0.5) is 11.9 Å². The predicted molar refractivity (Wildman–Crippen MR) is 147 cm³/mol. The third-order valence-corrected chi connectivity index (χ3v) is 6.77. The lowest BCUT2D eigenvalue weighted by atomic mass is 9.93. The SMILES string of the molecule is COc1ccc([C@H]2C[C@@H](c3ccc(OC)cc3)n3nc(NC(=O)Cc4ccc(OC)c(OC)c4)nc3N2)cc1. The first-order valence-corrected chi connectivity index (χ1v) is 12.5. The summed E-state index contributed by atoms with van der Waals surface area (Å²) in [5.74, 6) is 3.31. The minimum atomic E-state index is -0.238. The second kappa shape index (κ2) is 11.3. The molecule has 10 nitrogen and oxygen atoms in total. The van der Waals surface area contributed by atoms with E-state index >= 15 is 0 Å². The maximum atomic E-state index is 12.9. The van der Waals surface area contributed by atoms with Crippen LogP contribution >= 0.6 is 0 Å². The van der Waals surface area contributed by atoms with Crippen LogP contribution in [0, 0.1) is 0 Å². The molecule has 0 unspecified atom stereocenters. The Hall–Kier alpha value is -4.73. The Morgan fingerprint density at radius 2 is 1.51 bits per heavy atom. The quantitative estimate of drug-likeness (QED) is 0.323. The minimum Gasteiger partial charge on any atom is -0.497 e. The molecule has 202 valence electrons. The van der Waals surface area contributed by atoms with Crippen LogP contribution in [-0.4, -0.2) is 49.1 Å². The number of hydrogen-bond acceptors (Lipinski definition) is 8. The van der Waals surface area contributed by atoms with E-state index in [1.54, 1.807) is 40.6 Å². The number of rotatable bonds is 9. The summed E-state index contributed by atoms with van der Waals surface area (Å²) in [4.78, 5) is 17.5. The van der Waals surface area contributed by atoms with Crippen LogP contribution in [0.3, 0.4) is 0 Å². The zero-order chi connectivity index (χ0) is 27.4. The van der Waals surface area contributed by atoms with Gasteiger partial charge in [0.1, 0.15) is 11.5 Å². The van der Waals surface area contributed by atoms with Crippen LogP contribution in [-0.2, 0) is 11.2 Å². The second-order valence-electron chi connectivity index (χ2n) is 9.11. The molecular weight excluding hydrogens is 498 g/mol. The van der Waals surface area contributed by atoms with Crippen molar-refractivity contribution in [3.05, 3.63) is 83.4 Å². The van der Waals surface area contributed by atoms with E-state index < -0.39 is 0 Å². The van der Waals surface area contributed by atoms with Gasteiger partial charge in [-0.05, 0) is 59.5 Å². The number of hydrogen-bond donors (Lipinski definition) is 2. The van der Waals surface area contributed by atoms with Gasteiger partial charge in [-0.15, -0.1) is 5.10 Å². The van der Waals surface area contributed by atoms with Crippen LogP contribution < -0.4 is 29.6 Å². The Labute approximate surface area is 226 Å². The standard InChI is InChI=1S/C29H31N5O5/c1-36-21-10-6-19(7-11-21)23-17-24(20-8-12-22(37-2)13-9-20)34-29(30-23)32-28(33-34)31-27(35)16-18-5-14-25(38-3)26(15-18)39-4/h5-15,23-24H,16-17H2,1-4H3,(H2,30,31,32,33,35)/t23-,24+/m1/s1. The number of anilines is 2. The van der Waals surface area contributed by atoms with Crippen molar-refractivity contribution in [2.24, 2.45) is 0 Å². The lowest BCUT2D eigenvalue weighted by Crippen LogP contribution is -2.28. The van der Waals surface area contributed by atoms with Gasteiger partial charge in [0, 0.05) is 0 Å². The first kappa shape index (κ1) is 25.9. The van der Waals surface area contributed by atoms with Gasteiger partial charge in [0.25, 0.3) is 5.95 Å². The summed E-state index contributed by atoms with van der Waals surface area (Å²) in [7, 11) is 6.43. The number of nitrogens with one attached hydrogen (secondary N) is 2. The number of ether oxygens (including phenoxy) is 4. The summed E-state index contributed by atoms with van der Waals surface area (Å²) in [6, 6.07) is 21.1. The molecule has 39 heavy (non-hydrogen) atoms. The number of methoxy groups -OCH3 is 4. The van der Waals surface area contributed by atoms with E-state index in [1.807, 2.05) is 59.3 Å². The van der Waals surface area contributed by atoms with Gasteiger partial charge < -0.3 is 24.3 Å². The molecule has 0 fully saturated rings. The molecule has 0 saturated heterocycles. The number of fused-ring (bicyclic) bond motifs is 1. The van der Waals surface area contributed by atoms with Crippen molar-refractivity contribution in [2.75, 3.05) is 39.1 Å². The highest BCUT2D eigenvalue weighted by molar-refractivity contribution is 5.90. The van der Waals surface area contributed by atoms with E-state index in [0.717, 1.165) is 34.6 Å². The fraction of sp³-hybridized carbons (Fsp3) is 0.276. The fourth-order valence-corrected chi connectivity index (χ4v) is 4.73. The molecule has 1 aromatic heterocycles. The van der Waals surface area contributed by atoms with E-state index in [9.17, 15) is 4.79 Å². The monoisotopic (exact) mass is 529 g/mol. The third-order valence-electron chi connectivity index (χ3n) is 6.77. The molecule has 1 aliphatic rings. The Bertz CT molecular complexity index is 1440. The van der Waals surface area contributed by atoms with E-state index in [0.29, 0.717) is 17.4 Å². The molecule has 3 aromatic carbocycles. The van der Waals surface area contributed by atoms with E-state index in [1.165, 1.54) is 0 Å². The molecule has 2 atom stereocenters. The first-order valence-electron chi connectivity index (χ1n) is 12.5. The summed E-state index contributed by atoms with van der Waals surface area (Å²) in [5.41, 5.74) is 2.94. The normalized spacial score (nSPS) is 16.0. The van der Waals surface area contributed by atoms with Gasteiger partial charge in [0.05, 0.1) is 46.9 Å². The van der Waals surface area contributed by atoms with Gasteiger partial charge in [-0.1, -0.05) is 30.3 Å². The number of carbonyl (C=O) groups is 1. The molecule has 10 heteroatoms. The van der Waals surface area contributed by atoms with Gasteiger partial charge in [-0.25, -0.2) is 4.68 Å². The average molecular weight is 530 g/mol. The number of carbonyl (C=O) groups excluding carboxylic acids is 1. The Morgan fingerprint density at radius 3 is 2.13 bits per heavy atom. The van der Waals surface area contributed by atoms with Gasteiger partial charge in [0.2, 0.25) is 11.9 Å². The van der Waals surface area contributed by atoms with Gasteiger partial charge >= 0.3 is 0 Å². The minimum absolute atomic E-state index is 0.0185. The molecule has 0 bridgehead atoms. The first-order chi connectivity index (χ1) is 19.0. The molecule has 5 rings (SSSR count). The number of amides is 1. The van der Waals surface area contributed by atoms with Crippen molar-refractivity contribution in [2.45, 2.75) is 24.9 Å². The zero-order valence-electron chi connectivity index (χ0n) is 22.3. The van der Waals surface area contributed by atoms with E-state index in [4.69, 9.17) is 18.9 Å². The molecule has 2 N–H and O–H groups in total. The molecule has 1 amide bonds. The van der Waals surface area contributed by atoms with E-state index in [-0.39, 0.29) is 30.4 Å². The maximum Gasteiger partial charge on any atom is 0.250 e. The fourth-order valence-electron chi connectivity index (χ4n) is 4.73. The van der Waals surface area contributed by atoms with Crippen LogP contribution in [0.1, 0.15) is 35.2 Å². The summed E-state index contributed by atoms with van der Waals surface area (Å²) in [5, 5.41) is 11.0. The van der Waals surface area contributed by atoms with Crippen molar-refractivity contribution in [3.8, 4) is 23.0 Å². The van der Waals surface area contributed by atoms with Crippen molar-refractivity contribution < 1.29 is 23.7 Å². The summed E-state index contributed by atoms with van der Waals surface area (Å²) >= 11 is 0. The summed E-state index contributed by atoms with van der Waals surface area (Å²) in [6.07, 6.45) is 0.863. The predicted octanol–water partition coefficient (Wildman–Crippen LogP) is 4.64. The summed E-state index contributed by atoms with van der Waals surface area (Å²) < 4.78 is 23.1. The van der Waals surface area contributed by atoms with Gasteiger partial charge in [-0.2, -0.15) is 4.98 Å². The molecule has 0 saturated carbocycles. The molecular formula is C29H31N5O5. The molecule has 1 aliphatic heterocycles. The molecule has 0 spiro atoms. The highest BCUT2D eigenvalue weighted by Gasteiger charge is 2.31. The topological polar surface area (TPSA) is 109 Å². The Balaban J connectivity index is 1.40. The number of nitrogens with zero attached hydrogens (tertiary/aromatic N) is 3. The van der Waals surface area contributed by atoms with Gasteiger partial charge in [0.15, 0.2) is 11.5 Å². The molecule has 4 aromatic rings. The van der Waals surface area contributed by atoms with Crippen LogP contribution in [0.5, 0.6) is 23.0 Å². The van der Waals surface area contributed by atoms with Crippen molar-refractivity contribution in [1.29, 1.82) is 0 Å². The largest absolute Gasteiger partial charge is 0.497 e. The third kappa shape index (κ3) is 5.59. The Morgan fingerprint density at radius 1 is 0.872 bits per heavy atom. The van der Waals surface area contributed by atoms with Gasteiger partial charge in [-0.3, -0.25) is 10.1 Å². The smallest absolute Gasteiger partial charge is 0.250 e. The van der Waals surface area contributed by atoms with E-state index in [2.05, 4.69) is 20.7 Å². The number of aromatic nitrogens is 3. The van der Waals surface area contributed by atoms with Crippen LogP contribution in [0.25, 0.3) is 0 Å². The highest BCUT2D eigenvalue weighted by atomic mass is 16.5. The Kier molecular flexibility index (Phi) is 7.53. The zero-order valence-corrected chi connectivity index (χ0v) is 22.3. The number of benzene rings is 3. The lowest BCUT2D eigenvalue weighted by molar-refractivity contribution is -0.115. The van der Waals surface area contributed by atoms with Crippen LogP contribution in [0.2, 0.25) is 0 Å². The molecule has 0 radical (unpaired) electrons. The lowest BCUT2D eigenvalue weighted by Gasteiger charge is -2.31. The van der Waals surface area contributed by atoms with Crippen molar-refractivity contribution in [1.82, 2.24) is 14.8 Å². The van der Waals surface area contributed by atoms with Crippen molar-refractivity contribution in [3.63, 3.8) is 0 Å².